The van der Waals surface area contributed by atoms with Crippen molar-refractivity contribution in [3.05, 3.63) is 76.3 Å². The molecule has 0 heterocycles. The van der Waals surface area contributed by atoms with Crippen molar-refractivity contribution in [3.63, 3.8) is 0 Å². The summed E-state index contributed by atoms with van der Waals surface area (Å²) in [4.78, 5) is 25.2. The first-order valence-electron chi connectivity index (χ1n) is 9.23. The van der Waals surface area contributed by atoms with Crippen LogP contribution in [-0.4, -0.2) is 24.1 Å². The van der Waals surface area contributed by atoms with E-state index in [1.807, 2.05) is 19.9 Å². The van der Waals surface area contributed by atoms with E-state index in [2.05, 4.69) is 10.6 Å². The van der Waals surface area contributed by atoms with Crippen LogP contribution in [0.4, 0.5) is 0 Å². The van der Waals surface area contributed by atoms with E-state index in [0.717, 1.165) is 6.21 Å². The molecular formula is C22H25ClN4O2. The molecular weight excluding hydrogens is 388 g/mol. The highest BCUT2D eigenvalue weighted by atomic mass is 35.5. The van der Waals surface area contributed by atoms with E-state index in [9.17, 15) is 9.59 Å². The molecule has 6 nitrogen and oxygen atoms in total. The van der Waals surface area contributed by atoms with Crippen molar-refractivity contribution in [1.29, 1.82) is 5.41 Å². The van der Waals surface area contributed by atoms with Gasteiger partial charge in [-0.15, -0.1) is 0 Å². The van der Waals surface area contributed by atoms with Crippen LogP contribution in [0.2, 0.25) is 5.02 Å². The Morgan fingerprint density at radius 1 is 1.10 bits per heavy atom. The maximum atomic E-state index is 12.9. The van der Waals surface area contributed by atoms with Gasteiger partial charge < -0.3 is 21.8 Å². The predicted molar refractivity (Wildman–Crippen MR) is 117 cm³/mol. The van der Waals surface area contributed by atoms with Crippen LogP contribution >= 0.6 is 11.6 Å². The highest BCUT2D eigenvalue weighted by Gasteiger charge is 2.22. The van der Waals surface area contributed by atoms with Crippen LogP contribution in [0, 0.1) is 5.41 Å². The molecule has 2 aromatic rings. The number of hydrogen-bond acceptors (Lipinski definition) is 4. The zero-order chi connectivity index (χ0) is 21.4. The molecule has 0 fully saturated rings. The first-order chi connectivity index (χ1) is 13.8. The Morgan fingerprint density at radius 2 is 1.79 bits per heavy atom. The molecule has 0 aliphatic carbocycles. The number of nitrogens with one attached hydrogen (secondary N) is 3. The Morgan fingerprint density at radius 3 is 2.38 bits per heavy atom. The summed E-state index contributed by atoms with van der Waals surface area (Å²) in [7, 11) is 0. The highest BCUT2D eigenvalue weighted by Crippen LogP contribution is 2.22. The van der Waals surface area contributed by atoms with Crippen LogP contribution in [0.5, 0.6) is 0 Å². The number of carbonyl (C=O) groups excluding carboxylic acids is 2. The summed E-state index contributed by atoms with van der Waals surface area (Å²) in [5.74, 6) is -0.745. The van der Waals surface area contributed by atoms with E-state index in [1.54, 1.807) is 48.5 Å². The van der Waals surface area contributed by atoms with Gasteiger partial charge in [-0.2, -0.15) is 0 Å². The van der Waals surface area contributed by atoms with Crippen molar-refractivity contribution in [1.82, 2.24) is 10.6 Å². The second-order valence-electron chi connectivity index (χ2n) is 6.85. The molecule has 0 bridgehead atoms. The number of benzene rings is 2. The minimum Gasteiger partial charge on any atom is -0.398 e. The molecule has 0 saturated heterocycles. The lowest BCUT2D eigenvalue weighted by Crippen LogP contribution is -2.37. The summed E-state index contributed by atoms with van der Waals surface area (Å²) in [5.41, 5.74) is 7.66. The average Bonchev–Trinajstić information content (AvgIpc) is 2.68. The smallest absolute Gasteiger partial charge is 0.255 e. The minimum atomic E-state index is -0.626. The van der Waals surface area contributed by atoms with Gasteiger partial charge in [-0.3, -0.25) is 9.59 Å². The molecule has 7 heteroatoms. The first kappa shape index (κ1) is 22.2. The fraction of sp³-hybridized carbons (Fsp3) is 0.227. The Bertz CT molecular complexity index is 910. The van der Waals surface area contributed by atoms with Gasteiger partial charge in [0.2, 0.25) is 5.91 Å². The van der Waals surface area contributed by atoms with Crippen molar-refractivity contribution < 1.29 is 9.59 Å². The lowest BCUT2D eigenvalue weighted by atomic mass is 10.0. The molecule has 29 heavy (non-hydrogen) atoms. The third-order valence-corrected chi connectivity index (χ3v) is 4.39. The van der Waals surface area contributed by atoms with Gasteiger partial charge in [0, 0.05) is 17.3 Å². The fourth-order valence-corrected chi connectivity index (χ4v) is 3.02. The monoisotopic (exact) mass is 412 g/mol. The van der Waals surface area contributed by atoms with Crippen LogP contribution in [-0.2, 0) is 9.59 Å². The van der Waals surface area contributed by atoms with Gasteiger partial charge >= 0.3 is 0 Å². The van der Waals surface area contributed by atoms with Gasteiger partial charge in [-0.25, -0.2) is 0 Å². The molecule has 2 amide bonds. The van der Waals surface area contributed by atoms with E-state index in [1.165, 1.54) is 0 Å². The number of hydrogen-bond donors (Lipinski definition) is 4. The normalized spacial score (nSPS) is 12.7. The SMILES string of the molecule is CC(C)NC(=O)C[C@H](NC(=O)/C(C=N)=C(/N)c1ccccc1)c1cccc(Cl)c1. The summed E-state index contributed by atoms with van der Waals surface area (Å²) >= 11 is 6.09. The van der Waals surface area contributed by atoms with Crippen molar-refractivity contribution in [2.75, 3.05) is 0 Å². The van der Waals surface area contributed by atoms with Crippen LogP contribution < -0.4 is 16.4 Å². The molecule has 152 valence electrons. The minimum absolute atomic E-state index is 0.0208. The van der Waals surface area contributed by atoms with Crippen LogP contribution in [0.25, 0.3) is 5.70 Å². The molecule has 0 spiro atoms. The van der Waals surface area contributed by atoms with E-state index >= 15 is 0 Å². The maximum absolute atomic E-state index is 12.9. The van der Waals surface area contributed by atoms with Gasteiger partial charge in [-0.05, 0) is 37.1 Å². The second kappa shape index (κ2) is 10.4. The largest absolute Gasteiger partial charge is 0.398 e. The Balaban J connectivity index is 2.32. The topological polar surface area (TPSA) is 108 Å². The molecule has 0 aromatic heterocycles. The summed E-state index contributed by atoms with van der Waals surface area (Å²) < 4.78 is 0. The fourth-order valence-electron chi connectivity index (χ4n) is 2.82. The second-order valence-corrected chi connectivity index (χ2v) is 7.28. The lowest BCUT2D eigenvalue weighted by molar-refractivity contribution is -0.122. The molecule has 0 unspecified atom stereocenters. The van der Waals surface area contributed by atoms with Crippen LogP contribution in [0.3, 0.4) is 0 Å². The summed E-state index contributed by atoms with van der Waals surface area (Å²) in [6, 6.07) is 15.3. The first-order valence-corrected chi connectivity index (χ1v) is 9.61. The van der Waals surface area contributed by atoms with Gasteiger partial charge in [0.15, 0.2) is 0 Å². The van der Waals surface area contributed by atoms with Crippen LogP contribution in [0.15, 0.2) is 60.2 Å². The Labute approximate surface area is 175 Å². The van der Waals surface area contributed by atoms with Gasteiger partial charge in [-0.1, -0.05) is 54.1 Å². The van der Waals surface area contributed by atoms with Crippen molar-refractivity contribution in [2.45, 2.75) is 32.4 Å². The third-order valence-electron chi connectivity index (χ3n) is 4.16. The molecule has 0 saturated carbocycles. The predicted octanol–water partition coefficient (Wildman–Crippen LogP) is 3.43. The number of halogens is 1. The zero-order valence-corrected chi connectivity index (χ0v) is 17.2. The summed E-state index contributed by atoms with van der Waals surface area (Å²) in [6.45, 7) is 3.72. The van der Waals surface area contributed by atoms with Crippen molar-refractivity contribution >= 4 is 35.3 Å². The van der Waals surface area contributed by atoms with E-state index in [4.69, 9.17) is 22.7 Å². The van der Waals surface area contributed by atoms with Crippen LogP contribution in [0.1, 0.15) is 37.4 Å². The van der Waals surface area contributed by atoms with Gasteiger partial charge in [0.25, 0.3) is 5.91 Å². The van der Waals surface area contributed by atoms with Crippen molar-refractivity contribution in [3.8, 4) is 0 Å². The number of nitrogens with two attached hydrogens (primary N) is 1. The highest BCUT2D eigenvalue weighted by molar-refractivity contribution is 6.30. The van der Waals surface area contributed by atoms with Gasteiger partial charge in [0.05, 0.1) is 23.7 Å². The molecule has 2 rings (SSSR count). The number of rotatable bonds is 8. The third kappa shape index (κ3) is 6.47. The Hall–Kier alpha value is -3.12. The standard InChI is InChI=1S/C22H25ClN4O2/c1-14(2)26-20(28)12-19(16-9-6-10-17(23)11-16)27-22(29)18(13-24)21(25)15-7-4-3-5-8-15/h3-11,13-14,19,24H,12,25H2,1-2H3,(H,26,28)(H,27,29)/b21-18+,24-13?/t19-/m0/s1. The van der Waals surface area contributed by atoms with E-state index in [-0.39, 0.29) is 29.6 Å². The van der Waals surface area contributed by atoms with E-state index < -0.39 is 11.9 Å². The molecule has 2 aromatic carbocycles. The Kier molecular flexibility index (Phi) is 7.98. The number of amides is 2. The molecule has 0 aliphatic rings. The number of carbonyl (C=O) groups is 2. The summed E-state index contributed by atoms with van der Waals surface area (Å²) in [5, 5.41) is 13.8. The van der Waals surface area contributed by atoms with Crippen molar-refractivity contribution in [2.24, 2.45) is 5.73 Å². The van der Waals surface area contributed by atoms with Gasteiger partial charge in [0.1, 0.15) is 0 Å². The summed E-state index contributed by atoms with van der Waals surface area (Å²) in [6.07, 6.45) is 0.946. The van der Waals surface area contributed by atoms with E-state index in [0.29, 0.717) is 16.1 Å². The zero-order valence-electron chi connectivity index (χ0n) is 16.4. The maximum Gasteiger partial charge on any atom is 0.255 e. The average molecular weight is 413 g/mol. The molecule has 1 atom stereocenters. The molecule has 5 N–H and O–H groups in total. The lowest BCUT2D eigenvalue weighted by Gasteiger charge is -2.21. The quantitative estimate of drug-likeness (QED) is 0.394. The molecule has 0 aliphatic heterocycles. The molecule has 0 radical (unpaired) electrons.